The van der Waals surface area contributed by atoms with Gasteiger partial charge in [-0.05, 0) is 36.6 Å². The van der Waals surface area contributed by atoms with E-state index in [1.54, 1.807) is 18.3 Å². The average Bonchev–Trinajstić information content (AvgIpc) is 2.66. The molecule has 1 aromatic carbocycles. The molecule has 6 heteroatoms. The molecule has 3 rings (SSSR count). The van der Waals surface area contributed by atoms with Gasteiger partial charge in [-0.15, -0.1) is 0 Å². The Balaban J connectivity index is 1.86. The summed E-state index contributed by atoms with van der Waals surface area (Å²) >= 11 is 0. The van der Waals surface area contributed by atoms with Crippen molar-refractivity contribution in [1.82, 2.24) is 19.9 Å². The second-order valence-corrected chi connectivity index (χ2v) is 5.71. The van der Waals surface area contributed by atoms with Gasteiger partial charge in [0.25, 0.3) is 11.5 Å². The van der Waals surface area contributed by atoms with Crippen LogP contribution in [0.1, 0.15) is 35.5 Å². The number of aromatic nitrogens is 3. The zero-order chi connectivity index (χ0) is 17.8. The number of benzene rings is 1. The van der Waals surface area contributed by atoms with Crippen LogP contribution in [0.3, 0.4) is 0 Å². The fourth-order valence-corrected chi connectivity index (χ4v) is 2.68. The first-order valence-corrected chi connectivity index (χ1v) is 8.35. The number of rotatable bonds is 5. The van der Waals surface area contributed by atoms with Crippen LogP contribution in [0.15, 0.2) is 47.4 Å². The van der Waals surface area contributed by atoms with Crippen LogP contribution in [0.2, 0.25) is 0 Å². The Morgan fingerprint density at radius 1 is 1.12 bits per heavy atom. The van der Waals surface area contributed by atoms with Crippen molar-refractivity contribution < 1.29 is 4.79 Å². The molecule has 0 atom stereocenters. The molecule has 2 heterocycles. The number of amides is 1. The maximum atomic E-state index is 12.5. The van der Waals surface area contributed by atoms with Gasteiger partial charge in [-0.2, -0.15) is 0 Å². The van der Waals surface area contributed by atoms with Crippen LogP contribution in [0.4, 0.5) is 0 Å². The van der Waals surface area contributed by atoms with Gasteiger partial charge in [-0.25, -0.2) is 9.97 Å². The Kier molecular flexibility index (Phi) is 4.88. The minimum absolute atomic E-state index is 0.104. The molecule has 6 nitrogen and oxygen atoms in total. The van der Waals surface area contributed by atoms with Gasteiger partial charge in [0.2, 0.25) is 0 Å². The number of aryl methyl sites for hydroxylation is 2. The SMILES string of the molecule is CCc1ccc(CNC(=O)c2nc3cccnc3n(CC)c2=O)cc1. The maximum absolute atomic E-state index is 12.5. The van der Waals surface area contributed by atoms with Gasteiger partial charge in [-0.1, -0.05) is 31.2 Å². The second kappa shape index (κ2) is 7.25. The molecule has 0 aliphatic heterocycles. The third-order valence-corrected chi connectivity index (χ3v) is 4.12. The van der Waals surface area contributed by atoms with Crippen molar-refractivity contribution >= 4 is 17.1 Å². The highest BCUT2D eigenvalue weighted by atomic mass is 16.2. The van der Waals surface area contributed by atoms with Crippen molar-refractivity contribution in [1.29, 1.82) is 0 Å². The van der Waals surface area contributed by atoms with Gasteiger partial charge >= 0.3 is 0 Å². The van der Waals surface area contributed by atoms with E-state index in [-0.39, 0.29) is 5.69 Å². The number of carbonyl (C=O) groups excluding carboxylic acids is 1. The summed E-state index contributed by atoms with van der Waals surface area (Å²) in [5.74, 6) is -0.475. The summed E-state index contributed by atoms with van der Waals surface area (Å²) in [5.41, 5.74) is 2.71. The highest BCUT2D eigenvalue weighted by Crippen LogP contribution is 2.08. The summed E-state index contributed by atoms with van der Waals surface area (Å²) in [4.78, 5) is 33.4. The Morgan fingerprint density at radius 3 is 2.52 bits per heavy atom. The fourth-order valence-electron chi connectivity index (χ4n) is 2.68. The number of hydrogen-bond acceptors (Lipinski definition) is 4. The third kappa shape index (κ3) is 3.42. The number of fused-ring (bicyclic) bond motifs is 1. The summed E-state index contributed by atoms with van der Waals surface area (Å²) in [5, 5.41) is 2.77. The summed E-state index contributed by atoms with van der Waals surface area (Å²) in [6.07, 6.45) is 2.58. The molecule has 0 spiro atoms. The average molecular weight is 336 g/mol. The first kappa shape index (κ1) is 16.8. The van der Waals surface area contributed by atoms with Gasteiger partial charge in [0.1, 0.15) is 5.52 Å². The first-order chi connectivity index (χ1) is 12.1. The summed E-state index contributed by atoms with van der Waals surface area (Å²) in [6, 6.07) is 11.5. The Morgan fingerprint density at radius 2 is 1.84 bits per heavy atom. The molecule has 1 N–H and O–H groups in total. The number of hydrogen-bond donors (Lipinski definition) is 1. The molecule has 3 aromatic rings. The molecule has 0 radical (unpaired) electrons. The fraction of sp³-hybridized carbons (Fsp3) is 0.263. The topological polar surface area (TPSA) is 76.9 Å². The summed E-state index contributed by atoms with van der Waals surface area (Å²) < 4.78 is 1.47. The molecular weight excluding hydrogens is 316 g/mol. The van der Waals surface area contributed by atoms with Crippen molar-refractivity contribution in [2.24, 2.45) is 0 Å². The van der Waals surface area contributed by atoms with Crippen molar-refractivity contribution in [3.8, 4) is 0 Å². The molecule has 2 aromatic heterocycles. The zero-order valence-electron chi connectivity index (χ0n) is 14.3. The number of nitrogens with zero attached hydrogens (tertiary/aromatic N) is 3. The van der Waals surface area contributed by atoms with Gasteiger partial charge in [0.15, 0.2) is 11.3 Å². The van der Waals surface area contributed by atoms with Gasteiger partial charge in [0, 0.05) is 19.3 Å². The van der Waals surface area contributed by atoms with Crippen LogP contribution in [0.5, 0.6) is 0 Å². The molecule has 1 amide bonds. The highest BCUT2D eigenvalue weighted by molar-refractivity contribution is 5.93. The third-order valence-electron chi connectivity index (χ3n) is 4.12. The highest BCUT2D eigenvalue weighted by Gasteiger charge is 2.17. The predicted molar refractivity (Wildman–Crippen MR) is 96.5 cm³/mol. The monoisotopic (exact) mass is 336 g/mol. The molecule has 0 saturated heterocycles. The predicted octanol–water partition coefficient (Wildman–Crippen LogP) is 2.30. The van der Waals surface area contributed by atoms with Crippen LogP contribution in [0.25, 0.3) is 11.2 Å². The minimum Gasteiger partial charge on any atom is -0.346 e. The lowest BCUT2D eigenvalue weighted by Crippen LogP contribution is -2.34. The van der Waals surface area contributed by atoms with Crippen LogP contribution in [0, 0.1) is 0 Å². The van der Waals surface area contributed by atoms with E-state index in [9.17, 15) is 9.59 Å². The van der Waals surface area contributed by atoms with Crippen molar-refractivity contribution in [3.63, 3.8) is 0 Å². The van der Waals surface area contributed by atoms with Crippen LogP contribution >= 0.6 is 0 Å². The van der Waals surface area contributed by atoms with Gasteiger partial charge in [0.05, 0.1) is 0 Å². The smallest absolute Gasteiger partial charge is 0.283 e. The van der Waals surface area contributed by atoms with E-state index >= 15 is 0 Å². The van der Waals surface area contributed by atoms with Gasteiger partial charge < -0.3 is 5.32 Å². The second-order valence-electron chi connectivity index (χ2n) is 5.71. The normalized spacial score (nSPS) is 10.8. The molecule has 25 heavy (non-hydrogen) atoms. The van der Waals surface area contributed by atoms with E-state index in [0.717, 1.165) is 12.0 Å². The van der Waals surface area contributed by atoms with Gasteiger partial charge in [-0.3, -0.25) is 14.2 Å². The molecule has 0 unspecified atom stereocenters. The molecule has 128 valence electrons. The summed E-state index contributed by atoms with van der Waals surface area (Å²) in [6.45, 7) is 4.71. The van der Waals surface area contributed by atoms with E-state index in [2.05, 4.69) is 22.2 Å². The minimum atomic E-state index is -0.475. The van der Waals surface area contributed by atoms with E-state index in [0.29, 0.717) is 24.3 Å². The maximum Gasteiger partial charge on any atom is 0.283 e. The zero-order valence-corrected chi connectivity index (χ0v) is 14.3. The number of pyridine rings is 1. The lowest BCUT2D eigenvalue weighted by atomic mass is 10.1. The van der Waals surface area contributed by atoms with Crippen LogP contribution < -0.4 is 10.9 Å². The largest absolute Gasteiger partial charge is 0.346 e. The van der Waals surface area contributed by atoms with Crippen molar-refractivity contribution in [2.75, 3.05) is 0 Å². The lowest BCUT2D eigenvalue weighted by Gasteiger charge is -2.10. The first-order valence-electron chi connectivity index (χ1n) is 8.35. The van der Waals surface area contributed by atoms with Crippen molar-refractivity contribution in [2.45, 2.75) is 33.4 Å². The molecule has 0 fully saturated rings. The Labute approximate surface area is 145 Å². The van der Waals surface area contributed by atoms with Crippen LogP contribution in [-0.2, 0) is 19.5 Å². The van der Waals surface area contributed by atoms with E-state index in [1.165, 1.54) is 10.1 Å². The van der Waals surface area contributed by atoms with E-state index in [4.69, 9.17) is 0 Å². The molecule has 0 saturated carbocycles. The molecule has 0 aliphatic carbocycles. The lowest BCUT2D eigenvalue weighted by molar-refractivity contribution is 0.0944. The molecular formula is C19H20N4O2. The Hall–Kier alpha value is -3.02. The number of carbonyl (C=O) groups is 1. The van der Waals surface area contributed by atoms with E-state index in [1.807, 2.05) is 31.2 Å². The van der Waals surface area contributed by atoms with E-state index < -0.39 is 11.5 Å². The number of nitrogens with one attached hydrogen (secondary N) is 1. The Bertz CT molecular complexity index is 961. The standard InChI is InChI=1S/C19H20N4O2/c1-3-13-7-9-14(10-8-13)12-21-18(24)16-19(25)23(4-2)17-15(22-16)6-5-11-20-17/h5-11H,3-4,12H2,1-2H3,(H,21,24). The van der Waals surface area contributed by atoms with Crippen molar-refractivity contribution in [3.05, 3.63) is 69.8 Å². The molecule has 0 aliphatic rings. The quantitative estimate of drug-likeness (QED) is 0.775. The molecule has 0 bridgehead atoms. The van der Waals surface area contributed by atoms with Crippen LogP contribution in [-0.4, -0.2) is 20.4 Å². The summed E-state index contributed by atoms with van der Waals surface area (Å²) in [7, 11) is 0.